The number of methoxy groups -OCH3 is 2. The van der Waals surface area contributed by atoms with E-state index >= 15 is 0 Å². The van der Waals surface area contributed by atoms with Crippen molar-refractivity contribution in [2.45, 2.75) is 12.5 Å². The third kappa shape index (κ3) is 2.67. The molecule has 0 saturated heterocycles. The lowest BCUT2D eigenvalue weighted by atomic mass is 9.85. The maximum absolute atomic E-state index is 6.58. The molecular weight excluding hydrogens is 318 g/mol. The fourth-order valence-electron chi connectivity index (χ4n) is 2.26. The zero-order chi connectivity index (χ0) is 14.8. The summed E-state index contributed by atoms with van der Waals surface area (Å²) < 4.78 is 11.7. The molecule has 2 aromatic rings. The average molecular weight is 336 g/mol. The van der Waals surface area contributed by atoms with Gasteiger partial charge in [0, 0.05) is 16.1 Å². The maximum atomic E-state index is 6.58. The van der Waals surface area contributed by atoms with E-state index in [9.17, 15) is 0 Å². The molecule has 2 N–H and O–H groups in total. The van der Waals surface area contributed by atoms with Crippen molar-refractivity contribution in [1.29, 1.82) is 0 Å². The Kier molecular flexibility index (Phi) is 4.35. The average Bonchev–Trinajstić information content (AvgIpc) is 2.46. The molecule has 0 bridgehead atoms. The van der Waals surface area contributed by atoms with Gasteiger partial charge < -0.3 is 15.2 Å². The molecule has 0 radical (unpaired) electrons. The molecule has 3 nitrogen and oxygen atoms in total. The summed E-state index contributed by atoms with van der Waals surface area (Å²) in [5, 5.41) is 0. The Bertz CT molecular complexity index is 611. The highest BCUT2D eigenvalue weighted by molar-refractivity contribution is 9.10. The summed E-state index contributed by atoms with van der Waals surface area (Å²) in [5.74, 6) is 1.46. The second kappa shape index (κ2) is 5.85. The van der Waals surface area contributed by atoms with Crippen LogP contribution >= 0.6 is 15.9 Å². The van der Waals surface area contributed by atoms with E-state index in [1.165, 1.54) is 0 Å². The molecule has 1 unspecified atom stereocenters. The van der Waals surface area contributed by atoms with Gasteiger partial charge in [0.05, 0.1) is 19.8 Å². The largest absolute Gasteiger partial charge is 0.497 e. The first-order valence-electron chi connectivity index (χ1n) is 6.27. The Hall–Kier alpha value is -1.52. The van der Waals surface area contributed by atoms with Gasteiger partial charge in [-0.3, -0.25) is 0 Å². The second-order valence-electron chi connectivity index (χ2n) is 4.75. The van der Waals surface area contributed by atoms with Crippen LogP contribution in [-0.4, -0.2) is 14.2 Å². The normalized spacial score (nSPS) is 13.7. The Labute approximate surface area is 127 Å². The Balaban J connectivity index is 2.57. The Morgan fingerprint density at radius 1 is 1.00 bits per heavy atom. The monoisotopic (exact) mass is 335 g/mol. The van der Waals surface area contributed by atoms with Crippen LogP contribution in [0.3, 0.4) is 0 Å². The molecule has 0 aliphatic heterocycles. The predicted molar refractivity (Wildman–Crippen MR) is 84.3 cm³/mol. The number of nitrogens with two attached hydrogens (primary N) is 1. The van der Waals surface area contributed by atoms with Crippen LogP contribution in [0.1, 0.15) is 18.1 Å². The smallest absolute Gasteiger partial charge is 0.127 e. The van der Waals surface area contributed by atoms with E-state index in [1.807, 2.05) is 49.4 Å². The summed E-state index contributed by atoms with van der Waals surface area (Å²) >= 11 is 3.56. The van der Waals surface area contributed by atoms with Gasteiger partial charge in [-0.05, 0) is 30.7 Å². The molecular formula is C16H18BrNO2. The summed E-state index contributed by atoms with van der Waals surface area (Å²) in [5.41, 5.74) is 7.82. The molecule has 4 heteroatoms. The van der Waals surface area contributed by atoms with Crippen molar-refractivity contribution in [3.63, 3.8) is 0 Å². The standard InChI is InChI=1S/C16H18BrNO2/c1-16(18,12-6-4-5-7-14(12)17)13-9-8-11(19-2)10-15(13)20-3/h4-10H,18H2,1-3H3. The van der Waals surface area contributed by atoms with Crippen molar-refractivity contribution in [2.75, 3.05) is 14.2 Å². The predicted octanol–water partition coefficient (Wildman–Crippen LogP) is 3.69. The third-order valence-electron chi connectivity index (χ3n) is 3.40. The van der Waals surface area contributed by atoms with Crippen molar-refractivity contribution in [3.8, 4) is 11.5 Å². The molecule has 0 amide bonds. The first kappa shape index (κ1) is 14.9. The quantitative estimate of drug-likeness (QED) is 0.926. The van der Waals surface area contributed by atoms with E-state index < -0.39 is 5.54 Å². The zero-order valence-corrected chi connectivity index (χ0v) is 13.4. The van der Waals surface area contributed by atoms with Gasteiger partial charge in [0.25, 0.3) is 0 Å². The van der Waals surface area contributed by atoms with Gasteiger partial charge in [-0.15, -0.1) is 0 Å². The minimum absolute atomic E-state index is 0.669. The molecule has 0 aliphatic rings. The van der Waals surface area contributed by atoms with Gasteiger partial charge in [0.15, 0.2) is 0 Å². The van der Waals surface area contributed by atoms with Crippen LogP contribution in [0, 0.1) is 0 Å². The van der Waals surface area contributed by atoms with Gasteiger partial charge in [0.2, 0.25) is 0 Å². The molecule has 2 aromatic carbocycles. The number of hydrogen-bond donors (Lipinski definition) is 1. The third-order valence-corrected chi connectivity index (χ3v) is 4.09. The summed E-state index contributed by atoms with van der Waals surface area (Å²) in [6.45, 7) is 1.97. The van der Waals surface area contributed by atoms with Gasteiger partial charge in [0.1, 0.15) is 11.5 Å². The van der Waals surface area contributed by atoms with E-state index in [2.05, 4.69) is 15.9 Å². The first-order valence-corrected chi connectivity index (χ1v) is 7.06. The second-order valence-corrected chi connectivity index (χ2v) is 5.60. The maximum Gasteiger partial charge on any atom is 0.127 e. The molecule has 20 heavy (non-hydrogen) atoms. The first-order chi connectivity index (χ1) is 9.50. The van der Waals surface area contributed by atoms with Crippen LogP contribution < -0.4 is 15.2 Å². The molecule has 1 atom stereocenters. The van der Waals surface area contributed by atoms with Gasteiger partial charge >= 0.3 is 0 Å². The lowest BCUT2D eigenvalue weighted by Crippen LogP contribution is -2.35. The van der Waals surface area contributed by atoms with Gasteiger partial charge in [-0.25, -0.2) is 0 Å². The van der Waals surface area contributed by atoms with Crippen LogP contribution in [0.25, 0.3) is 0 Å². The van der Waals surface area contributed by atoms with Crippen molar-refractivity contribution in [1.82, 2.24) is 0 Å². The van der Waals surface area contributed by atoms with Crippen LogP contribution in [0.5, 0.6) is 11.5 Å². The highest BCUT2D eigenvalue weighted by atomic mass is 79.9. The zero-order valence-electron chi connectivity index (χ0n) is 11.8. The minimum atomic E-state index is -0.669. The summed E-state index contributed by atoms with van der Waals surface area (Å²) in [6, 6.07) is 13.6. The summed E-state index contributed by atoms with van der Waals surface area (Å²) in [6.07, 6.45) is 0. The van der Waals surface area contributed by atoms with E-state index in [1.54, 1.807) is 14.2 Å². The molecule has 0 aliphatic carbocycles. The van der Waals surface area contributed by atoms with Crippen molar-refractivity contribution < 1.29 is 9.47 Å². The molecule has 0 aromatic heterocycles. The highest BCUT2D eigenvalue weighted by Gasteiger charge is 2.29. The number of rotatable bonds is 4. The summed E-state index contributed by atoms with van der Waals surface area (Å²) in [4.78, 5) is 0. The lowest BCUT2D eigenvalue weighted by Gasteiger charge is -2.29. The summed E-state index contributed by atoms with van der Waals surface area (Å²) in [7, 11) is 3.26. The van der Waals surface area contributed by atoms with E-state index in [0.29, 0.717) is 5.75 Å². The Morgan fingerprint density at radius 3 is 2.30 bits per heavy atom. The van der Waals surface area contributed by atoms with Crippen molar-refractivity contribution in [2.24, 2.45) is 5.73 Å². The fourth-order valence-corrected chi connectivity index (χ4v) is 2.95. The highest BCUT2D eigenvalue weighted by Crippen LogP contribution is 2.38. The molecule has 0 saturated carbocycles. The molecule has 0 spiro atoms. The van der Waals surface area contributed by atoms with Crippen molar-refractivity contribution >= 4 is 15.9 Å². The van der Waals surface area contributed by atoms with Gasteiger partial charge in [-0.1, -0.05) is 34.1 Å². The van der Waals surface area contributed by atoms with Crippen LogP contribution in [0.2, 0.25) is 0 Å². The molecule has 2 rings (SSSR count). The van der Waals surface area contributed by atoms with Crippen molar-refractivity contribution in [3.05, 3.63) is 58.1 Å². The lowest BCUT2D eigenvalue weighted by molar-refractivity contribution is 0.383. The fraction of sp³-hybridized carbons (Fsp3) is 0.250. The van der Waals surface area contributed by atoms with Crippen LogP contribution in [0.4, 0.5) is 0 Å². The number of ether oxygens (including phenoxy) is 2. The minimum Gasteiger partial charge on any atom is -0.497 e. The molecule has 0 fully saturated rings. The Morgan fingerprint density at radius 2 is 1.70 bits per heavy atom. The van der Waals surface area contributed by atoms with E-state index in [4.69, 9.17) is 15.2 Å². The number of benzene rings is 2. The van der Waals surface area contributed by atoms with Crippen LogP contribution in [-0.2, 0) is 5.54 Å². The van der Waals surface area contributed by atoms with Gasteiger partial charge in [-0.2, -0.15) is 0 Å². The van der Waals surface area contributed by atoms with E-state index in [-0.39, 0.29) is 0 Å². The van der Waals surface area contributed by atoms with E-state index in [0.717, 1.165) is 21.3 Å². The molecule has 106 valence electrons. The van der Waals surface area contributed by atoms with Crippen LogP contribution in [0.15, 0.2) is 46.9 Å². The number of hydrogen-bond acceptors (Lipinski definition) is 3. The number of halogens is 1. The molecule has 0 heterocycles. The SMILES string of the molecule is COc1ccc(C(C)(N)c2ccccc2Br)c(OC)c1. The topological polar surface area (TPSA) is 44.5 Å².